The Balaban J connectivity index is 1.50. The Morgan fingerprint density at radius 3 is 2.57 bits per heavy atom. The molecule has 2 amide bonds. The molecule has 8 heteroatoms. The molecule has 146 valence electrons. The number of hydrogen-bond acceptors (Lipinski definition) is 6. The maximum atomic E-state index is 12.4. The van der Waals surface area contributed by atoms with Gasteiger partial charge in [0.05, 0.1) is 4.88 Å². The summed E-state index contributed by atoms with van der Waals surface area (Å²) in [6, 6.07) is 10.8. The number of thiophene rings is 1. The molecule has 2 aromatic heterocycles. The molecule has 0 aliphatic heterocycles. The number of rotatable bonds is 9. The van der Waals surface area contributed by atoms with Crippen molar-refractivity contribution in [1.82, 2.24) is 15.5 Å². The number of aromatic nitrogens is 2. The summed E-state index contributed by atoms with van der Waals surface area (Å²) in [5, 5.41) is 17.2. The fourth-order valence-corrected chi connectivity index (χ4v) is 3.97. The number of nitrogens with zero attached hydrogens (tertiary/aromatic N) is 2. The van der Waals surface area contributed by atoms with Gasteiger partial charge in [0.2, 0.25) is 5.13 Å². The van der Waals surface area contributed by atoms with E-state index in [0.717, 1.165) is 29.8 Å². The van der Waals surface area contributed by atoms with Gasteiger partial charge in [-0.15, -0.1) is 21.5 Å². The van der Waals surface area contributed by atoms with Crippen molar-refractivity contribution >= 4 is 39.6 Å². The molecular formula is C20H22N4O2S2. The Morgan fingerprint density at radius 1 is 1.04 bits per heavy atom. The van der Waals surface area contributed by atoms with E-state index in [1.54, 1.807) is 18.2 Å². The van der Waals surface area contributed by atoms with Crippen LogP contribution in [0.2, 0.25) is 0 Å². The second kappa shape index (κ2) is 10.1. The fourth-order valence-electron chi connectivity index (χ4n) is 2.55. The molecule has 6 nitrogen and oxygen atoms in total. The lowest BCUT2D eigenvalue weighted by Gasteiger charge is -2.05. The standard InChI is InChI=1S/C20H22N4O2S2/c1-2-3-4-7-17-23-24-20(28-17)22-18(25)15-10-8-14(9-11-15)13-21-19(26)16-6-5-12-27-16/h5-6,8-12H,2-4,7,13H2,1H3,(H,21,26)(H,22,24,25). The second-order valence-electron chi connectivity index (χ2n) is 6.27. The van der Waals surface area contributed by atoms with Crippen LogP contribution >= 0.6 is 22.7 Å². The summed E-state index contributed by atoms with van der Waals surface area (Å²) in [6.07, 6.45) is 4.31. The number of aryl methyl sites for hydroxylation is 1. The van der Waals surface area contributed by atoms with Crippen molar-refractivity contribution in [3.8, 4) is 0 Å². The maximum Gasteiger partial charge on any atom is 0.261 e. The third-order valence-electron chi connectivity index (χ3n) is 4.10. The summed E-state index contributed by atoms with van der Waals surface area (Å²) in [4.78, 5) is 25.0. The lowest BCUT2D eigenvalue weighted by molar-refractivity contribution is 0.0953. The van der Waals surface area contributed by atoms with E-state index in [0.29, 0.717) is 22.1 Å². The Morgan fingerprint density at radius 2 is 1.86 bits per heavy atom. The van der Waals surface area contributed by atoms with Gasteiger partial charge in [0.15, 0.2) is 0 Å². The lowest BCUT2D eigenvalue weighted by Crippen LogP contribution is -2.21. The molecule has 3 rings (SSSR count). The van der Waals surface area contributed by atoms with Gasteiger partial charge in [-0.1, -0.05) is 49.3 Å². The van der Waals surface area contributed by atoms with Crippen molar-refractivity contribution in [2.24, 2.45) is 0 Å². The van der Waals surface area contributed by atoms with Gasteiger partial charge in [0, 0.05) is 18.5 Å². The quantitative estimate of drug-likeness (QED) is 0.505. The Kier molecular flexibility index (Phi) is 7.27. The molecule has 3 aromatic rings. The normalized spacial score (nSPS) is 10.6. The van der Waals surface area contributed by atoms with Crippen LogP contribution < -0.4 is 10.6 Å². The number of anilines is 1. The zero-order valence-electron chi connectivity index (χ0n) is 15.6. The van der Waals surface area contributed by atoms with Crippen LogP contribution in [-0.4, -0.2) is 22.0 Å². The highest BCUT2D eigenvalue weighted by atomic mass is 32.1. The van der Waals surface area contributed by atoms with Crippen molar-refractivity contribution in [3.63, 3.8) is 0 Å². The van der Waals surface area contributed by atoms with Gasteiger partial charge in [-0.25, -0.2) is 0 Å². The van der Waals surface area contributed by atoms with Crippen LogP contribution in [0.25, 0.3) is 0 Å². The molecule has 1 aromatic carbocycles. The van der Waals surface area contributed by atoms with Gasteiger partial charge in [-0.2, -0.15) is 0 Å². The molecule has 0 bridgehead atoms. The molecular weight excluding hydrogens is 392 g/mol. The number of hydrogen-bond donors (Lipinski definition) is 2. The van der Waals surface area contributed by atoms with Crippen LogP contribution in [0.4, 0.5) is 5.13 Å². The molecule has 0 fully saturated rings. The molecule has 2 N–H and O–H groups in total. The Labute approximate surface area is 172 Å². The van der Waals surface area contributed by atoms with E-state index in [-0.39, 0.29) is 11.8 Å². The first kappa shape index (κ1) is 20.2. The van der Waals surface area contributed by atoms with Crippen molar-refractivity contribution in [2.45, 2.75) is 39.2 Å². The van der Waals surface area contributed by atoms with Gasteiger partial charge in [-0.05, 0) is 35.6 Å². The maximum absolute atomic E-state index is 12.4. The van der Waals surface area contributed by atoms with Crippen molar-refractivity contribution in [1.29, 1.82) is 0 Å². The van der Waals surface area contributed by atoms with Crippen LogP contribution in [-0.2, 0) is 13.0 Å². The molecule has 0 radical (unpaired) electrons. The minimum absolute atomic E-state index is 0.0946. The zero-order chi connectivity index (χ0) is 19.8. The van der Waals surface area contributed by atoms with Gasteiger partial charge < -0.3 is 5.32 Å². The number of carbonyl (C=O) groups is 2. The number of amides is 2. The first-order chi connectivity index (χ1) is 13.7. The topological polar surface area (TPSA) is 84.0 Å². The van der Waals surface area contributed by atoms with E-state index in [1.165, 1.54) is 29.1 Å². The molecule has 0 aliphatic carbocycles. The SMILES string of the molecule is CCCCCc1nnc(NC(=O)c2ccc(CNC(=O)c3cccs3)cc2)s1. The average molecular weight is 415 g/mol. The van der Waals surface area contributed by atoms with E-state index in [1.807, 2.05) is 23.6 Å². The van der Waals surface area contributed by atoms with Crippen LogP contribution in [0.15, 0.2) is 41.8 Å². The fraction of sp³-hybridized carbons (Fsp3) is 0.300. The van der Waals surface area contributed by atoms with Gasteiger partial charge in [-0.3, -0.25) is 14.9 Å². The predicted octanol–water partition coefficient (Wildman–Crippen LogP) is 4.51. The molecule has 0 saturated heterocycles. The number of carbonyl (C=O) groups excluding carboxylic acids is 2. The molecule has 0 atom stereocenters. The van der Waals surface area contributed by atoms with E-state index in [4.69, 9.17) is 0 Å². The van der Waals surface area contributed by atoms with Crippen molar-refractivity contribution in [3.05, 3.63) is 62.8 Å². The third kappa shape index (κ3) is 5.71. The van der Waals surface area contributed by atoms with E-state index >= 15 is 0 Å². The second-order valence-corrected chi connectivity index (χ2v) is 8.28. The Hall–Kier alpha value is -2.58. The van der Waals surface area contributed by atoms with Crippen LogP contribution in [0.5, 0.6) is 0 Å². The summed E-state index contributed by atoms with van der Waals surface area (Å²) >= 11 is 2.82. The molecule has 0 aliphatic rings. The van der Waals surface area contributed by atoms with E-state index < -0.39 is 0 Å². The van der Waals surface area contributed by atoms with Crippen LogP contribution in [0.3, 0.4) is 0 Å². The van der Waals surface area contributed by atoms with Crippen molar-refractivity contribution in [2.75, 3.05) is 5.32 Å². The van der Waals surface area contributed by atoms with E-state index in [2.05, 4.69) is 27.8 Å². The highest BCUT2D eigenvalue weighted by molar-refractivity contribution is 7.15. The van der Waals surface area contributed by atoms with E-state index in [9.17, 15) is 9.59 Å². The summed E-state index contributed by atoms with van der Waals surface area (Å²) in [6.45, 7) is 2.57. The summed E-state index contributed by atoms with van der Waals surface area (Å²) < 4.78 is 0. The van der Waals surface area contributed by atoms with Crippen LogP contribution in [0.1, 0.15) is 56.8 Å². The molecule has 0 spiro atoms. The lowest BCUT2D eigenvalue weighted by atomic mass is 10.1. The third-order valence-corrected chi connectivity index (χ3v) is 5.86. The number of nitrogens with one attached hydrogen (secondary N) is 2. The van der Waals surface area contributed by atoms with Crippen LogP contribution in [0, 0.1) is 0 Å². The minimum Gasteiger partial charge on any atom is -0.347 e. The largest absolute Gasteiger partial charge is 0.347 e. The molecule has 2 heterocycles. The monoisotopic (exact) mass is 414 g/mol. The van der Waals surface area contributed by atoms with Gasteiger partial charge in [0.25, 0.3) is 11.8 Å². The molecule has 0 saturated carbocycles. The zero-order valence-corrected chi connectivity index (χ0v) is 17.2. The highest BCUT2D eigenvalue weighted by Gasteiger charge is 2.11. The average Bonchev–Trinajstić information content (AvgIpc) is 3.39. The van der Waals surface area contributed by atoms with Gasteiger partial charge in [0.1, 0.15) is 5.01 Å². The Bertz CT molecular complexity index is 905. The highest BCUT2D eigenvalue weighted by Crippen LogP contribution is 2.18. The molecule has 0 unspecified atom stereocenters. The number of benzene rings is 1. The summed E-state index contributed by atoms with van der Waals surface area (Å²) in [5.41, 5.74) is 1.46. The van der Waals surface area contributed by atoms with Gasteiger partial charge >= 0.3 is 0 Å². The predicted molar refractivity (Wildman–Crippen MR) is 113 cm³/mol. The minimum atomic E-state index is -0.217. The van der Waals surface area contributed by atoms with Crippen molar-refractivity contribution < 1.29 is 9.59 Å². The summed E-state index contributed by atoms with van der Waals surface area (Å²) in [7, 11) is 0. The first-order valence-electron chi connectivity index (χ1n) is 9.20. The summed E-state index contributed by atoms with van der Waals surface area (Å²) in [5.74, 6) is -0.312. The smallest absolute Gasteiger partial charge is 0.261 e. The first-order valence-corrected chi connectivity index (χ1v) is 10.9. The molecule has 28 heavy (non-hydrogen) atoms. The number of unbranched alkanes of at least 4 members (excludes halogenated alkanes) is 2.